The number of halogens is 2. The van der Waals surface area contributed by atoms with E-state index in [9.17, 15) is 18.4 Å². The van der Waals surface area contributed by atoms with Crippen molar-refractivity contribution in [2.75, 3.05) is 39.2 Å². The molecule has 3 N–H and O–H groups in total. The lowest BCUT2D eigenvalue weighted by atomic mass is 9.79. The van der Waals surface area contributed by atoms with Crippen LogP contribution in [-0.4, -0.2) is 66.0 Å². The first kappa shape index (κ1) is 24.8. The number of hydrogen-bond acceptors (Lipinski definition) is 5. The number of methoxy groups -OCH3 is 1. The van der Waals surface area contributed by atoms with E-state index in [1.54, 1.807) is 18.8 Å². The fourth-order valence-electron chi connectivity index (χ4n) is 5.18. The Balaban J connectivity index is 1.47. The molecule has 3 amide bonds. The van der Waals surface area contributed by atoms with Crippen LogP contribution in [0, 0.1) is 11.6 Å². The zero-order valence-corrected chi connectivity index (χ0v) is 20.6. The highest BCUT2D eigenvalue weighted by atomic mass is 19.2. The van der Waals surface area contributed by atoms with Gasteiger partial charge in [-0.2, -0.15) is 5.10 Å². The van der Waals surface area contributed by atoms with Crippen LogP contribution in [0.15, 0.2) is 48.5 Å². The highest BCUT2D eigenvalue weighted by Gasteiger charge is 2.45. The summed E-state index contributed by atoms with van der Waals surface area (Å²) in [5.41, 5.74) is 1.34. The summed E-state index contributed by atoms with van der Waals surface area (Å²) in [6.07, 6.45) is 0.435. The molecule has 0 aliphatic carbocycles. The predicted molar refractivity (Wildman–Crippen MR) is 133 cm³/mol. The Labute approximate surface area is 212 Å². The number of amides is 3. The first-order chi connectivity index (χ1) is 17.8. The Morgan fingerprint density at radius 1 is 1.22 bits per heavy atom. The molecular weight excluding hydrogens is 482 g/mol. The number of aromatic nitrogens is 2. The number of hydrogen-bond donors (Lipinski definition) is 3. The molecule has 1 fully saturated rings. The van der Waals surface area contributed by atoms with Crippen molar-refractivity contribution in [1.82, 2.24) is 25.3 Å². The van der Waals surface area contributed by atoms with E-state index in [1.165, 1.54) is 17.0 Å². The van der Waals surface area contributed by atoms with Crippen molar-refractivity contribution in [3.8, 4) is 5.69 Å². The van der Waals surface area contributed by atoms with Gasteiger partial charge >= 0.3 is 6.03 Å². The van der Waals surface area contributed by atoms with Crippen LogP contribution >= 0.6 is 0 Å². The molecule has 2 aliphatic rings. The SMILES string of the molecule is COCC[C@@]1(NC(=O)Nc2c3c(nn2-c2ccccc2)C(=O)N(C)C3)CNC[C@H]1c1ccc(F)c(F)c1. The zero-order valence-electron chi connectivity index (χ0n) is 20.6. The van der Waals surface area contributed by atoms with Crippen molar-refractivity contribution in [3.05, 3.63) is 77.0 Å². The van der Waals surface area contributed by atoms with E-state index in [1.807, 2.05) is 30.3 Å². The van der Waals surface area contributed by atoms with Crippen molar-refractivity contribution in [1.29, 1.82) is 0 Å². The molecule has 0 unspecified atom stereocenters. The molecule has 0 spiro atoms. The number of urea groups is 1. The van der Waals surface area contributed by atoms with Crippen LogP contribution in [0.3, 0.4) is 0 Å². The summed E-state index contributed by atoms with van der Waals surface area (Å²) in [7, 11) is 3.25. The van der Waals surface area contributed by atoms with E-state index in [4.69, 9.17) is 4.74 Å². The van der Waals surface area contributed by atoms with Crippen LogP contribution in [0.1, 0.15) is 34.0 Å². The minimum Gasteiger partial charge on any atom is -0.385 e. The minimum atomic E-state index is -0.939. The van der Waals surface area contributed by atoms with Crippen LogP contribution in [0.5, 0.6) is 0 Å². The first-order valence-electron chi connectivity index (χ1n) is 12.0. The van der Waals surface area contributed by atoms with E-state index >= 15 is 0 Å². The molecule has 3 aromatic rings. The quantitative estimate of drug-likeness (QED) is 0.454. The summed E-state index contributed by atoms with van der Waals surface area (Å²) in [6, 6.07) is 12.5. The highest BCUT2D eigenvalue weighted by molar-refractivity contribution is 6.00. The van der Waals surface area contributed by atoms with Crippen molar-refractivity contribution in [2.24, 2.45) is 0 Å². The minimum absolute atomic E-state index is 0.219. The van der Waals surface area contributed by atoms with Gasteiger partial charge in [-0.25, -0.2) is 18.3 Å². The number of ether oxygens (including phenoxy) is 1. The van der Waals surface area contributed by atoms with Crippen molar-refractivity contribution >= 4 is 17.8 Å². The smallest absolute Gasteiger partial charge is 0.320 e. The summed E-state index contributed by atoms with van der Waals surface area (Å²) in [6.45, 7) is 1.53. The molecule has 37 heavy (non-hydrogen) atoms. The van der Waals surface area contributed by atoms with Gasteiger partial charge in [-0.3, -0.25) is 10.1 Å². The van der Waals surface area contributed by atoms with E-state index < -0.39 is 23.2 Å². The van der Waals surface area contributed by atoms with Crippen LogP contribution in [0.25, 0.3) is 5.69 Å². The molecule has 0 radical (unpaired) electrons. The second-order valence-electron chi connectivity index (χ2n) is 9.42. The van der Waals surface area contributed by atoms with Gasteiger partial charge in [0.05, 0.1) is 17.8 Å². The molecule has 2 aliphatic heterocycles. The van der Waals surface area contributed by atoms with E-state index in [0.717, 1.165) is 6.07 Å². The molecule has 2 aromatic carbocycles. The molecule has 11 heteroatoms. The van der Waals surface area contributed by atoms with Gasteiger partial charge in [-0.1, -0.05) is 24.3 Å². The summed E-state index contributed by atoms with van der Waals surface area (Å²) >= 11 is 0. The van der Waals surface area contributed by atoms with Gasteiger partial charge < -0.3 is 20.3 Å². The molecular formula is C26H28F2N6O3. The standard InChI is InChI=1S/C26H28F2N6O3/c1-33-14-18-22(24(33)35)32-34(17-6-4-3-5-7-17)23(18)30-25(36)31-26(10-11-37-2)15-29-13-19(26)16-8-9-20(27)21(28)12-16/h3-9,12,19,29H,10-11,13-15H2,1-2H3,(H2,30,31,36)/t19-,26+/m0/s1. The number of anilines is 1. The van der Waals surface area contributed by atoms with Gasteiger partial charge in [0.1, 0.15) is 5.82 Å². The van der Waals surface area contributed by atoms with Gasteiger partial charge in [-0.05, 0) is 36.2 Å². The zero-order chi connectivity index (χ0) is 26.2. The number of rotatable bonds is 7. The second-order valence-corrected chi connectivity index (χ2v) is 9.42. The van der Waals surface area contributed by atoms with Gasteiger partial charge in [0.2, 0.25) is 0 Å². The number of para-hydroxylation sites is 1. The summed E-state index contributed by atoms with van der Waals surface area (Å²) in [5, 5.41) is 13.8. The monoisotopic (exact) mass is 510 g/mol. The molecule has 1 aromatic heterocycles. The molecule has 5 rings (SSSR count). The van der Waals surface area contributed by atoms with Crippen molar-refractivity contribution in [2.45, 2.75) is 24.4 Å². The number of benzene rings is 2. The molecule has 194 valence electrons. The average molecular weight is 511 g/mol. The largest absolute Gasteiger partial charge is 0.385 e. The van der Waals surface area contributed by atoms with Crippen LogP contribution in [0.4, 0.5) is 19.4 Å². The third-order valence-electron chi connectivity index (χ3n) is 7.08. The van der Waals surface area contributed by atoms with Gasteiger partial charge in [0, 0.05) is 45.3 Å². The third-order valence-corrected chi connectivity index (χ3v) is 7.08. The Morgan fingerprint density at radius 2 is 2.00 bits per heavy atom. The fraction of sp³-hybridized carbons (Fsp3) is 0.346. The molecule has 2 atom stereocenters. The molecule has 0 bridgehead atoms. The predicted octanol–water partition coefficient (Wildman–Crippen LogP) is 3.02. The van der Waals surface area contributed by atoms with Gasteiger partial charge in [0.25, 0.3) is 5.91 Å². The maximum Gasteiger partial charge on any atom is 0.320 e. The number of carbonyl (C=O) groups is 2. The van der Waals surface area contributed by atoms with E-state index in [-0.39, 0.29) is 17.5 Å². The number of nitrogens with one attached hydrogen (secondary N) is 3. The highest BCUT2D eigenvalue weighted by Crippen LogP contribution is 2.36. The van der Waals surface area contributed by atoms with Crippen LogP contribution in [-0.2, 0) is 11.3 Å². The van der Waals surface area contributed by atoms with Crippen molar-refractivity contribution in [3.63, 3.8) is 0 Å². The summed E-state index contributed by atoms with van der Waals surface area (Å²) < 4.78 is 34.6. The first-order valence-corrected chi connectivity index (χ1v) is 12.0. The molecule has 1 saturated heterocycles. The lowest BCUT2D eigenvalue weighted by Gasteiger charge is -2.36. The van der Waals surface area contributed by atoms with Crippen molar-refractivity contribution < 1.29 is 23.1 Å². The lowest BCUT2D eigenvalue weighted by Crippen LogP contribution is -2.55. The maximum absolute atomic E-state index is 14.1. The Kier molecular flexibility index (Phi) is 6.65. The average Bonchev–Trinajstić information content (AvgIpc) is 3.54. The molecule has 9 nitrogen and oxygen atoms in total. The third kappa shape index (κ3) is 4.56. The topological polar surface area (TPSA) is 101 Å². The Hall–Kier alpha value is -3.83. The molecule has 3 heterocycles. The lowest BCUT2D eigenvalue weighted by molar-refractivity contribution is 0.0810. The van der Waals surface area contributed by atoms with E-state index in [2.05, 4.69) is 21.0 Å². The maximum atomic E-state index is 14.1. The van der Waals surface area contributed by atoms with Crippen LogP contribution < -0.4 is 16.0 Å². The van der Waals surface area contributed by atoms with Crippen LogP contribution in [0.2, 0.25) is 0 Å². The summed E-state index contributed by atoms with van der Waals surface area (Å²) in [5.74, 6) is -2.02. The Bertz CT molecular complexity index is 1330. The number of nitrogens with zero attached hydrogens (tertiary/aromatic N) is 3. The second kappa shape index (κ2) is 9.91. The van der Waals surface area contributed by atoms with E-state index in [0.29, 0.717) is 55.3 Å². The molecule has 0 saturated carbocycles. The fourth-order valence-corrected chi connectivity index (χ4v) is 5.18. The summed E-state index contributed by atoms with van der Waals surface area (Å²) in [4.78, 5) is 27.7. The number of fused-ring (bicyclic) bond motifs is 1. The van der Waals surface area contributed by atoms with Gasteiger partial charge in [0.15, 0.2) is 17.3 Å². The normalized spacial score (nSPS) is 20.8. The van der Waals surface area contributed by atoms with Gasteiger partial charge in [-0.15, -0.1) is 0 Å². The Morgan fingerprint density at radius 3 is 2.73 bits per heavy atom. The number of carbonyl (C=O) groups excluding carboxylic acids is 2.